The Morgan fingerprint density at radius 3 is 2.72 bits per heavy atom. The number of rotatable bonds is 7. The monoisotopic (exact) mass is 358 g/mol. The summed E-state index contributed by atoms with van der Waals surface area (Å²) in [6.45, 7) is 3.76. The van der Waals surface area contributed by atoms with Crippen LogP contribution in [0, 0.1) is 0 Å². The van der Waals surface area contributed by atoms with Crippen LogP contribution < -0.4 is 24.8 Å². The molecule has 0 bridgehead atoms. The van der Waals surface area contributed by atoms with Gasteiger partial charge in [-0.05, 0) is 61.8 Å². The van der Waals surface area contributed by atoms with Gasteiger partial charge in [-0.1, -0.05) is 12.1 Å². The summed E-state index contributed by atoms with van der Waals surface area (Å²) >= 11 is 5.33. The number of anilines is 1. The lowest BCUT2D eigenvalue weighted by Crippen LogP contribution is -2.29. The molecule has 0 amide bonds. The van der Waals surface area contributed by atoms with Crippen LogP contribution in [-0.2, 0) is 6.42 Å². The number of ether oxygens (including phenoxy) is 3. The summed E-state index contributed by atoms with van der Waals surface area (Å²) in [4.78, 5) is 0. The van der Waals surface area contributed by atoms with Gasteiger partial charge in [-0.2, -0.15) is 0 Å². The number of hydrogen-bond acceptors (Lipinski definition) is 4. The first kappa shape index (κ1) is 17.4. The van der Waals surface area contributed by atoms with E-state index in [-0.39, 0.29) is 6.79 Å². The van der Waals surface area contributed by atoms with Gasteiger partial charge in [-0.25, -0.2) is 0 Å². The molecule has 0 spiro atoms. The highest BCUT2D eigenvalue weighted by molar-refractivity contribution is 7.80. The number of hydrogen-bond donors (Lipinski definition) is 2. The van der Waals surface area contributed by atoms with Crippen LogP contribution in [0.1, 0.15) is 18.9 Å². The smallest absolute Gasteiger partial charge is 0.231 e. The molecule has 1 aliphatic rings. The van der Waals surface area contributed by atoms with E-state index in [2.05, 4.69) is 22.8 Å². The van der Waals surface area contributed by atoms with Gasteiger partial charge < -0.3 is 24.8 Å². The quantitative estimate of drug-likeness (QED) is 0.581. The van der Waals surface area contributed by atoms with E-state index in [1.165, 1.54) is 5.56 Å². The molecule has 2 aromatic rings. The van der Waals surface area contributed by atoms with Gasteiger partial charge in [0.05, 0.1) is 6.61 Å². The third-order valence-electron chi connectivity index (χ3n) is 3.79. The lowest BCUT2D eigenvalue weighted by Gasteiger charge is -2.11. The minimum atomic E-state index is 0.271. The molecule has 25 heavy (non-hydrogen) atoms. The van der Waals surface area contributed by atoms with Gasteiger partial charge in [0, 0.05) is 18.3 Å². The van der Waals surface area contributed by atoms with Gasteiger partial charge in [-0.15, -0.1) is 0 Å². The maximum atomic E-state index is 5.45. The first-order chi connectivity index (χ1) is 12.2. The lowest BCUT2D eigenvalue weighted by molar-refractivity contribution is 0.174. The summed E-state index contributed by atoms with van der Waals surface area (Å²) in [6, 6.07) is 13.9. The first-order valence-electron chi connectivity index (χ1n) is 8.41. The van der Waals surface area contributed by atoms with Crippen LogP contribution >= 0.6 is 12.2 Å². The molecular formula is C19H22N2O3S. The molecule has 0 fully saturated rings. The minimum absolute atomic E-state index is 0.271. The van der Waals surface area contributed by atoms with Crippen molar-refractivity contribution in [2.45, 2.75) is 19.8 Å². The summed E-state index contributed by atoms with van der Waals surface area (Å²) in [5, 5.41) is 6.99. The highest BCUT2D eigenvalue weighted by Gasteiger charge is 2.13. The van der Waals surface area contributed by atoms with Gasteiger partial charge in [0.2, 0.25) is 6.79 Å². The summed E-state index contributed by atoms with van der Waals surface area (Å²) in [7, 11) is 0. The lowest BCUT2D eigenvalue weighted by atomic mass is 10.1. The Morgan fingerprint density at radius 2 is 1.92 bits per heavy atom. The fourth-order valence-corrected chi connectivity index (χ4v) is 2.78. The van der Waals surface area contributed by atoms with Crippen molar-refractivity contribution in [2.75, 3.05) is 25.3 Å². The molecule has 2 aromatic carbocycles. The molecule has 0 aliphatic carbocycles. The van der Waals surface area contributed by atoms with E-state index in [0.717, 1.165) is 42.3 Å². The predicted molar refractivity (Wildman–Crippen MR) is 103 cm³/mol. The largest absolute Gasteiger partial charge is 0.494 e. The highest BCUT2D eigenvalue weighted by Crippen LogP contribution is 2.34. The predicted octanol–water partition coefficient (Wildman–Crippen LogP) is 3.73. The van der Waals surface area contributed by atoms with Crippen molar-refractivity contribution in [1.82, 2.24) is 5.32 Å². The van der Waals surface area contributed by atoms with E-state index in [9.17, 15) is 0 Å². The molecule has 0 saturated heterocycles. The topological polar surface area (TPSA) is 51.8 Å². The van der Waals surface area contributed by atoms with Crippen molar-refractivity contribution in [3.05, 3.63) is 48.0 Å². The second kappa shape index (κ2) is 8.58. The van der Waals surface area contributed by atoms with E-state index in [4.69, 9.17) is 26.4 Å². The SMILES string of the molecule is CCOc1ccc(CCCNC(=S)Nc2ccc3c(c2)OCO3)cc1. The van der Waals surface area contributed by atoms with E-state index >= 15 is 0 Å². The number of nitrogens with one attached hydrogen (secondary N) is 2. The molecule has 0 radical (unpaired) electrons. The Balaban J connectivity index is 1.38. The first-order valence-corrected chi connectivity index (χ1v) is 8.81. The number of aryl methyl sites for hydroxylation is 1. The number of thiocarbonyl (C=S) groups is 1. The molecule has 0 aromatic heterocycles. The van der Waals surface area contributed by atoms with Crippen LogP contribution in [0.3, 0.4) is 0 Å². The zero-order valence-corrected chi connectivity index (χ0v) is 15.0. The zero-order chi connectivity index (χ0) is 17.5. The number of fused-ring (bicyclic) bond motifs is 1. The Hall–Kier alpha value is -2.47. The van der Waals surface area contributed by atoms with Crippen LogP contribution in [0.25, 0.3) is 0 Å². The molecule has 5 nitrogen and oxygen atoms in total. The van der Waals surface area contributed by atoms with Crippen LogP contribution in [0.15, 0.2) is 42.5 Å². The normalized spacial score (nSPS) is 11.9. The van der Waals surface area contributed by atoms with Crippen LogP contribution in [0.4, 0.5) is 5.69 Å². The third-order valence-corrected chi connectivity index (χ3v) is 4.04. The van der Waals surface area contributed by atoms with E-state index in [0.29, 0.717) is 11.7 Å². The highest BCUT2D eigenvalue weighted by atomic mass is 32.1. The fourth-order valence-electron chi connectivity index (χ4n) is 2.56. The van der Waals surface area contributed by atoms with Gasteiger partial charge in [-0.3, -0.25) is 0 Å². The molecule has 1 heterocycles. The third kappa shape index (κ3) is 5.00. The maximum Gasteiger partial charge on any atom is 0.231 e. The van der Waals surface area contributed by atoms with Crippen molar-refractivity contribution in [3.63, 3.8) is 0 Å². The van der Waals surface area contributed by atoms with Crippen molar-refractivity contribution >= 4 is 23.0 Å². The Kier molecular flexibility index (Phi) is 5.95. The second-order valence-electron chi connectivity index (χ2n) is 5.63. The van der Waals surface area contributed by atoms with Crippen LogP contribution in [-0.4, -0.2) is 25.1 Å². The molecule has 1 aliphatic heterocycles. The van der Waals surface area contributed by atoms with Crippen molar-refractivity contribution in [1.29, 1.82) is 0 Å². The average molecular weight is 358 g/mol. The molecule has 132 valence electrons. The van der Waals surface area contributed by atoms with Gasteiger partial charge in [0.1, 0.15) is 5.75 Å². The van der Waals surface area contributed by atoms with E-state index in [1.807, 2.05) is 37.3 Å². The number of benzene rings is 2. The summed E-state index contributed by atoms with van der Waals surface area (Å²) in [5.41, 5.74) is 2.17. The molecule has 0 unspecified atom stereocenters. The summed E-state index contributed by atoms with van der Waals surface area (Å²) in [6.07, 6.45) is 1.99. The zero-order valence-electron chi connectivity index (χ0n) is 14.2. The van der Waals surface area contributed by atoms with Crippen LogP contribution in [0.5, 0.6) is 17.2 Å². The minimum Gasteiger partial charge on any atom is -0.494 e. The molecular weight excluding hydrogens is 336 g/mol. The van der Waals surface area contributed by atoms with Crippen molar-refractivity contribution in [3.8, 4) is 17.2 Å². The Bertz CT molecular complexity index is 719. The fraction of sp³-hybridized carbons (Fsp3) is 0.316. The molecule has 6 heteroatoms. The Morgan fingerprint density at radius 1 is 1.12 bits per heavy atom. The average Bonchev–Trinajstić information content (AvgIpc) is 3.08. The second-order valence-corrected chi connectivity index (χ2v) is 6.04. The molecule has 0 saturated carbocycles. The molecule has 2 N–H and O–H groups in total. The van der Waals surface area contributed by atoms with Crippen molar-refractivity contribution in [2.24, 2.45) is 0 Å². The van der Waals surface area contributed by atoms with Crippen LogP contribution in [0.2, 0.25) is 0 Å². The van der Waals surface area contributed by atoms with E-state index in [1.54, 1.807) is 0 Å². The standard InChI is InChI=1S/C19H22N2O3S/c1-2-22-16-8-5-14(6-9-16)4-3-11-20-19(25)21-15-7-10-17-18(12-15)24-13-23-17/h5-10,12H,2-4,11,13H2,1H3,(H2,20,21,25). The summed E-state index contributed by atoms with van der Waals surface area (Å²) < 4.78 is 16.1. The molecule has 3 rings (SSSR count). The summed E-state index contributed by atoms with van der Waals surface area (Å²) in [5.74, 6) is 2.42. The van der Waals surface area contributed by atoms with Gasteiger partial charge in [0.25, 0.3) is 0 Å². The maximum absolute atomic E-state index is 5.45. The van der Waals surface area contributed by atoms with E-state index < -0.39 is 0 Å². The Labute approximate surface area is 153 Å². The molecule has 0 atom stereocenters. The van der Waals surface area contributed by atoms with Crippen molar-refractivity contribution < 1.29 is 14.2 Å². The van der Waals surface area contributed by atoms with Gasteiger partial charge >= 0.3 is 0 Å². The van der Waals surface area contributed by atoms with Gasteiger partial charge in [0.15, 0.2) is 16.6 Å².